The lowest BCUT2D eigenvalue weighted by molar-refractivity contribution is -0.141. The van der Waals surface area contributed by atoms with Crippen LogP contribution >= 0.6 is 0 Å². The van der Waals surface area contributed by atoms with Gasteiger partial charge in [0.05, 0.1) is 10.9 Å². The number of benzene rings is 1. The highest BCUT2D eigenvalue weighted by atomic mass is 32.2. The van der Waals surface area contributed by atoms with E-state index >= 15 is 0 Å². The molecule has 1 aromatic rings. The minimum Gasteiger partial charge on any atom is -0.381 e. The summed E-state index contributed by atoms with van der Waals surface area (Å²) in [5.41, 5.74) is 0. The van der Waals surface area contributed by atoms with Crippen LogP contribution in [-0.2, 0) is 29.1 Å². The smallest absolute Gasteiger partial charge is 0.287 e. The third-order valence-electron chi connectivity index (χ3n) is 5.23. The van der Waals surface area contributed by atoms with Gasteiger partial charge in [0, 0.05) is 32.1 Å². The topological polar surface area (TPSA) is 119 Å². The number of sulfonamides is 1. The molecule has 1 aliphatic heterocycles. The van der Waals surface area contributed by atoms with E-state index in [1.165, 1.54) is 12.1 Å². The third-order valence-corrected chi connectivity index (χ3v) is 6.69. The van der Waals surface area contributed by atoms with Crippen molar-refractivity contribution in [3.05, 3.63) is 30.3 Å². The van der Waals surface area contributed by atoms with E-state index in [2.05, 4.69) is 10.0 Å². The highest BCUT2D eigenvalue weighted by Gasteiger charge is 2.33. The summed E-state index contributed by atoms with van der Waals surface area (Å²) < 4.78 is 33.4. The zero-order valence-electron chi connectivity index (χ0n) is 18.1. The molecule has 1 amide bonds. The van der Waals surface area contributed by atoms with Gasteiger partial charge in [-0.05, 0) is 43.7 Å². The molecule has 1 aliphatic rings. The van der Waals surface area contributed by atoms with Crippen LogP contribution in [0.2, 0.25) is 0 Å². The summed E-state index contributed by atoms with van der Waals surface area (Å²) in [7, 11) is -3.90. The molecule has 31 heavy (non-hydrogen) atoms. The van der Waals surface area contributed by atoms with Gasteiger partial charge in [-0.25, -0.2) is 13.1 Å². The Bertz CT molecular complexity index is 854. The predicted octanol–water partition coefficient (Wildman–Crippen LogP) is 1.84. The zero-order valence-corrected chi connectivity index (χ0v) is 18.9. The molecule has 2 atom stereocenters. The van der Waals surface area contributed by atoms with Crippen molar-refractivity contribution in [3.63, 3.8) is 0 Å². The summed E-state index contributed by atoms with van der Waals surface area (Å²) in [6.07, 6.45) is 2.17. The van der Waals surface area contributed by atoms with Crippen LogP contribution in [0, 0.1) is 11.8 Å². The molecule has 1 saturated heterocycles. The number of carbonyl (C=O) groups excluding carboxylic acids is 3. The first-order valence-corrected chi connectivity index (χ1v) is 12.2. The van der Waals surface area contributed by atoms with Crippen LogP contribution in [0.3, 0.4) is 0 Å². The molecule has 1 fully saturated rings. The molecule has 0 saturated carbocycles. The maximum absolute atomic E-state index is 13.0. The van der Waals surface area contributed by atoms with E-state index in [-0.39, 0.29) is 17.2 Å². The Morgan fingerprint density at radius 1 is 1.13 bits per heavy atom. The first-order valence-electron chi connectivity index (χ1n) is 10.7. The van der Waals surface area contributed by atoms with Crippen LogP contribution in [0.25, 0.3) is 0 Å². The molecule has 0 spiro atoms. The largest absolute Gasteiger partial charge is 0.381 e. The normalized spacial score (nSPS) is 20.4. The average Bonchev–Trinajstić information content (AvgIpc) is 2.74. The molecule has 2 N–H and O–H groups in total. The number of Topliss-reactive ketones (excluding diaryl/α,β-unsaturated/α-hetero) is 2. The number of nitrogens with one attached hydrogen (secondary N) is 2. The van der Waals surface area contributed by atoms with Gasteiger partial charge < -0.3 is 10.1 Å². The molecule has 172 valence electrons. The Morgan fingerprint density at radius 2 is 1.81 bits per heavy atom. The van der Waals surface area contributed by atoms with E-state index < -0.39 is 39.5 Å². The molecule has 9 heteroatoms. The second-order valence-electron chi connectivity index (χ2n) is 8.11. The summed E-state index contributed by atoms with van der Waals surface area (Å²) in [5.74, 6) is -2.87. The summed E-state index contributed by atoms with van der Waals surface area (Å²) in [4.78, 5) is 38.0. The number of amides is 1. The first-order chi connectivity index (χ1) is 14.7. The summed E-state index contributed by atoms with van der Waals surface area (Å²) in [5, 5.41) is 2.60. The summed E-state index contributed by atoms with van der Waals surface area (Å²) in [6, 6.07) is 6.80. The molecule has 2 unspecified atom stereocenters. The molecule has 8 nitrogen and oxygen atoms in total. The van der Waals surface area contributed by atoms with Gasteiger partial charge in [-0.2, -0.15) is 0 Å². The van der Waals surface area contributed by atoms with Crippen molar-refractivity contribution >= 4 is 27.5 Å². The predicted molar refractivity (Wildman–Crippen MR) is 116 cm³/mol. The van der Waals surface area contributed by atoms with Crippen molar-refractivity contribution in [2.75, 3.05) is 19.8 Å². The van der Waals surface area contributed by atoms with Gasteiger partial charge >= 0.3 is 0 Å². The Labute approximate surface area is 184 Å². The fraction of sp³-hybridized carbons (Fsp3) is 0.591. The van der Waals surface area contributed by atoms with Crippen molar-refractivity contribution in [2.24, 2.45) is 11.8 Å². The van der Waals surface area contributed by atoms with Gasteiger partial charge in [0.2, 0.25) is 15.8 Å². The van der Waals surface area contributed by atoms with Gasteiger partial charge in [-0.15, -0.1) is 0 Å². The van der Waals surface area contributed by atoms with Crippen LogP contribution in [0.5, 0.6) is 0 Å². The molecule has 2 rings (SSSR count). The first kappa shape index (κ1) is 25.2. The van der Waals surface area contributed by atoms with Crippen molar-refractivity contribution in [3.8, 4) is 0 Å². The standard InChI is InChI=1S/C22H32N2O6S/c1-16(2)20(24-31(28,29)18-10-4-3-5-11-18)19(25)15-17-9-8-14-30-13-7-6-12-23-22(27)21(17)26/h3-5,10-11,16-17,20,24H,6-9,12-15H2,1-2H3,(H,23,27). The number of hydrogen-bond acceptors (Lipinski definition) is 6. The third kappa shape index (κ3) is 7.83. The van der Waals surface area contributed by atoms with Gasteiger partial charge in [0.25, 0.3) is 5.91 Å². The summed E-state index contributed by atoms with van der Waals surface area (Å²) >= 11 is 0. The summed E-state index contributed by atoms with van der Waals surface area (Å²) in [6.45, 7) is 4.89. The molecule has 1 heterocycles. The lowest BCUT2D eigenvalue weighted by atomic mass is 9.88. The quantitative estimate of drug-likeness (QED) is 0.610. The van der Waals surface area contributed by atoms with E-state index in [9.17, 15) is 22.8 Å². The zero-order chi connectivity index (χ0) is 22.9. The van der Waals surface area contributed by atoms with E-state index in [4.69, 9.17) is 4.74 Å². The van der Waals surface area contributed by atoms with E-state index in [1.54, 1.807) is 32.0 Å². The SMILES string of the molecule is CC(C)C(NS(=O)(=O)c1ccccc1)C(=O)CC1CCCOCCCCNC(=O)C1=O. The average molecular weight is 453 g/mol. The second-order valence-corrected chi connectivity index (χ2v) is 9.82. The van der Waals surface area contributed by atoms with E-state index in [0.29, 0.717) is 39.0 Å². The van der Waals surface area contributed by atoms with Crippen molar-refractivity contribution in [1.29, 1.82) is 0 Å². The van der Waals surface area contributed by atoms with Crippen molar-refractivity contribution in [1.82, 2.24) is 10.0 Å². The number of ether oxygens (including phenoxy) is 1. The maximum atomic E-state index is 13.0. The van der Waals surface area contributed by atoms with Crippen LogP contribution in [-0.4, -0.2) is 51.7 Å². The fourth-order valence-corrected chi connectivity index (χ4v) is 4.83. The van der Waals surface area contributed by atoms with Crippen LogP contribution in [0.1, 0.15) is 46.0 Å². The molecule has 0 radical (unpaired) electrons. The van der Waals surface area contributed by atoms with E-state index in [0.717, 1.165) is 6.42 Å². The minimum atomic E-state index is -3.90. The molecular weight excluding hydrogens is 420 g/mol. The van der Waals surface area contributed by atoms with Crippen LogP contribution < -0.4 is 10.0 Å². The molecule has 0 bridgehead atoms. The van der Waals surface area contributed by atoms with Crippen molar-refractivity contribution < 1.29 is 27.5 Å². The monoisotopic (exact) mass is 452 g/mol. The van der Waals surface area contributed by atoms with Crippen molar-refractivity contribution in [2.45, 2.75) is 56.9 Å². The van der Waals surface area contributed by atoms with Gasteiger partial charge in [0.1, 0.15) is 0 Å². The Kier molecular flexibility index (Phi) is 9.80. The van der Waals surface area contributed by atoms with Gasteiger partial charge in [-0.1, -0.05) is 32.0 Å². The minimum absolute atomic E-state index is 0.0621. The second kappa shape index (κ2) is 12.1. The van der Waals surface area contributed by atoms with E-state index in [1.807, 2.05) is 0 Å². The Morgan fingerprint density at radius 3 is 2.48 bits per heavy atom. The fourth-order valence-electron chi connectivity index (χ4n) is 3.44. The lowest BCUT2D eigenvalue weighted by Crippen LogP contribution is -2.46. The molecular formula is C22H32N2O6S. The van der Waals surface area contributed by atoms with Crippen LogP contribution in [0.4, 0.5) is 0 Å². The Balaban J connectivity index is 2.14. The number of carbonyl (C=O) groups is 3. The number of rotatable bonds is 7. The number of hydrogen-bond donors (Lipinski definition) is 2. The molecule has 1 aromatic carbocycles. The molecule has 0 aliphatic carbocycles. The maximum Gasteiger partial charge on any atom is 0.287 e. The molecule has 0 aromatic heterocycles. The van der Waals surface area contributed by atoms with Gasteiger partial charge in [0.15, 0.2) is 5.78 Å². The highest BCUT2D eigenvalue weighted by Crippen LogP contribution is 2.19. The Hall–Kier alpha value is -2.10. The van der Waals surface area contributed by atoms with Gasteiger partial charge in [-0.3, -0.25) is 14.4 Å². The lowest BCUT2D eigenvalue weighted by Gasteiger charge is -2.23. The number of ketones is 2. The highest BCUT2D eigenvalue weighted by molar-refractivity contribution is 7.89. The van der Waals surface area contributed by atoms with Crippen LogP contribution in [0.15, 0.2) is 35.2 Å².